The highest BCUT2D eigenvalue weighted by molar-refractivity contribution is 5.91. The molecule has 3 rings (SSSR count). The second-order valence-electron chi connectivity index (χ2n) is 5.50. The molecular weight excluding hydrogens is 314 g/mol. The molecular formula is C20H15N3O2. The Kier molecular flexibility index (Phi) is 4.36. The van der Waals surface area contributed by atoms with E-state index in [-0.39, 0.29) is 5.56 Å². The van der Waals surface area contributed by atoms with Gasteiger partial charge >= 0.3 is 5.97 Å². The minimum atomic E-state index is -1.01. The summed E-state index contributed by atoms with van der Waals surface area (Å²) in [5.74, 6) is -1.01. The fraction of sp³-hybridized carbons (Fsp3) is 0. The summed E-state index contributed by atoms with van der Waals surface area (Å²) in [4.78, 5) is 11.1. The number of hydrogen-bond acceptors (Lipinski definition) is 4. The molecule has 0 aromatic heterocycles. The number of carboxylic acids is 1. The summed E-state index contributed by atoms with van der Waals surface area (Å²) in [6, 6.07) is 21.6. The molecule has 0 amide bonds. The quantitative estimate of drug-likeness (QED) is 0.621. The van der Waals surface area contributed by atoms with E-state index in [1.165, 1.54) is 12.1 Å². The molecule has 0 fully saturated rings. The SMILES string of the molecule is N#Cc1ccc(-c2cccc(Nc3cc(C(=O)O)ccc3N)c2)cc1. The molecule has 4 N–H and O–H groups in total. The Morgan fingerprint density at radius 1 is 1.00 bits per heavy atom. The molecule has 0 heterocycles. The molecule has 5 nitrogen and oxygen atoms in total. The number of nitrogen functional groups attached to an aromatic ring is 1. The standard InChI is InChI=1S/C20H15N3O2/c21-12-13-4-6-14(7-5-13)15-2-1-3-17(10-15)23-19-11-16(20(24)25)8-9-18(19)22/h1-11,23H,22H2,(H,24,25). The summed E-state index contributed by atoms with van der Waals surface area (Å²) < 4.78 is 0. The predicted molar refractivity (Wildman–Crippen MR) is 97.7 cm³/mol. The lowest BCUT2D eigenvalue weighted by atomic mass is 10.0. The Morgan fingerprint density at radius 3 is 2.44 bits per heavy atom. The van der Waals surface area contributed by atoms with Gasteiger partial charge in [0.25, 0.3) is 0 Å². The number of nitriles is 1. The maximum Gasteiger partial charge on any atom is 0.335 e. The molecule has 3 aromatic carbocycles. The number of aromatic carboxylic acids is 1. The van der Waals surface area contributed by atoms with Crippen molar-refractivity contribution in [1.82, 2.24) is 0 Å². The fourth-order valence-corrected chi connectivity index (χ4v) is 2.47. The molecule has 0 aliphatic heterocycles. The third-order valence-electron chi connectivity index (χ3n) is 3.79. The zero-order valence-electron chi connectivity index (χ0n) is 13.2. The monoisotopic (exact) mass is 329 g/mol. The van der Waals surface area contributed by atoms with Gasteiger partial charge in [-0.15, -0.1) is 0 Å². The summed E-state index contributed by atoms with van der Waals surface area (Å²) in [6.45, 7) is 0. The Labute approximate surface area is 145 Å². The van der Waals surface area contributed by atoms with Crippen LogP contribution in [-0.2, 0) is 0 Å². The van der Waals surface area contributed by atoms with Crippen LogP contribution in [0, 0.1) is 11.3 Å². The molecule has 0 aliphatic rings. The van der Waals surface area contributed by atoms with E-state index in [9.17, 15) is 4.79 Å². The highest BCUT2D eigenvalue weighted by atomic mass is 16.4. The second kappa shape index (κ2) is 6.77. The average Bonchev–Trinajstić information content (AvgIpc) is 2.63. The Morgan fingerprint density at radius 2 is 1.76 bits per heavy atom. The van der Waals surface area contributed by atoms with Gasteiger partial charge in [0.2, 0.25) is 0 Å². The number of nitrogens with one attached hydrogen (secondary N) is 1. The van der Waals surface area contributed by atoms with Gasteiger partial charge in [-0.2, -0.15) is 5.26 Å². The van der Waals surface area contributed by atoms with Crippen molar-refractivity contribution in [2.24, 2.45) is 0 Å². The molecule has 0 atom stereocenters. The number of anilines is 3. The van der Waals surface area contributed by atoms with Crippen molar-refractivity contribution in [1.29, 1.82) is 5.26 Å². The molecule has 0 aliphatic carbocycles. The van der Waals surface area contributed by atoms with Crippen LogP contribution in [0.3, 0.4) is 0 Å². The van der Waals surface area contributed by atoms with Crippen LogP contribution < -0.4 is 11.1 Å². The molecule has 0 spiro atoms. The highest BCUT2D eigenvalue weighted by Gasteiger charge is 2.07. The van der Waals surface area contributed by atoms with Crippen LogP contribution in [0.4, 0.5) is 17.1 Å². The molecule has 0 unspecified atom stereocenters. The molecule has 122 valence electrons. The van der Waals surface area contributed by atoms with Crippen molar-refractivity contribution in [2.75, 3.05) is 11.1 Å². The molecule has 3 aromatic rings. The first kappa shape index (κ1) is 16.1. The van der Waals surface area contributed by atoms with Crippen LogP contribution in [0.15, 0.2) is 66.7 Å². The van der Waals surface area contributed by atoms with Gasteiger partial charge in [0.15, 0.2) is 0 Å². The third-order valence-corrected chi connectivity index (χ3v) is 3.79. The van der Waals surface area contributed by atoms with Gasteiger partial charge in [-0.1, -0.05) is 24.3 Å². The van der Waals surface area contributed by atoms with E-state index in [4.69, 9.17) is 16.1 Å². The van der Waals surface area contributed by atoms with Gasteiger partial charge < -0.3 is 16.2 Å². The molecule has 0 bridgehead atoms. The van der Waals surface area contributed by atoms with E-state index in [0.29, 0.717) is 16.9 Å². The van der Waals surface area contributed by atoms with Crippen molar-refractivity contribution in [3.63, 3.8) is 0 Å². The summed E-state index contributed by atoms with van der Waals surface area (Å²) in [7, 11) is 0. The lowest BCUT2D eigenvalue weighted by molar-refractivity contribution is 0.0697. The van der Waals surface area contributed by atoms with Gasteiger partial charge in [0.1, 0.15) is 0 Å². The van der Waals surface area contributed by atoms with Crippen LogP contribution in [0.1, 0.15) is 15.9 Å². The van der Waals surface area contributed by atoms with E-state index in [1.807, 2.05) is 36.4 Å². The summed E-state index contributed by atoms with van der Waals surface area (Å²) in [6.07, 6.45) is 0. The maximum atomic E-state index is 11.1. The minimum absolute atomic E-state index is 0.167. The van der Waals surface area contributed by atoms with Gasteiger partial charge in [-0.05, 0) is 53.6 Å². The first-order valence-electron chi connectivity index (χ1n) is 7.57. The van der Waals surface area contributed by atoms with E-state index < -0.39 is 5.97 Å². The minimum Gasteiger partial charge on any atom is -0.478 e. The zero-order chi connectivity index (χ0) is 17.8. The van der Waals surface area contributed by atoms with Crippen LogP contribution in [0.25, 0.3) is 11.1 Å². The van der Waals surface area contributed by atoms with Gasteiger partial charge in [-0.3, -0.25) is 0 Å². The number of nitrogens with zero attached hydrogens (tertiary/aromatic N) is 1. The smallest absolute Gasteiger partial charge is 0.335 e. The van der Waals surface area contributed by atoms with Crippen molar-refractivity contribution in [3.05, 3.63) is 77.9 Å². The van der Waals surface area contributed by atoms with E-state index >= 15 is 0 Å². The van der Waals surface area contributed by atoms with Gasteiger partial charge in [-0.25, -0.2) is 4.79 Å². The first-order valence-corrected chi connectivity index (χ1v) is 7.57. The van der Waals surface area contributed by atoms with E-state index in [1.54, 1.807) is 18.2 Å². The van der Waals surface area contributed by atoms with Gasteiger partial charge in [0, 0.05) is 5.69 Å². The van der Waals surface area contributed by atoms with Crippen molar-refractivity contribution >= 4 is 23.0 Å². The Hall–Kier alpha value is -3.78. The van der Waals surface area contributed by atoms with Crippen molar-refractivity contribution in [3.8, 4) is 17.2 Å². The molecule has 0 radical (unpaired) electrons. The van der Waals surface area contributed by atoms with Crippen LogP contribution in [0.5, 0.6) is 0 Å². The molecule has 5 heteroatoms. The number of hydrogen-bond donors (Lipinski definition) is 3. The number of benzene rings is 3. The lowest BCUT2D eigenvalue weighted by Crippen LogP contribution is -2.01. The van der Waals surface area contributed by atoms with Gasteiger partial charge in [0.05, 0.1) is 28.6 Å². The van der Waals surface area contributed by atoms with Crippen LogP contribution >= 0.6 is 0 Å². The topological polar surface area (TPSA) is 99.1 Å². The van der Waals surface area contributed by atoms with Crippen molar-refractivity contribution in [2.45, 2.75) is 0 Å². The summed E-state index contributed by atoms with van der Waals surface area (Å²) in [5, 5.41) is 21.2. The first-order chi connectivity index (χ1) is 12.1. The van der Waals surface area contributed by atoms with E-state index in [0.717, 1.165) is 16.8 Å². The van der Waals surface area contributed by atoms with Crippen LogP contribution in [-0.4, -0.2) is 11.1 Å². The molecule has 0 saturated carbocycles. The highest BCUT2D eigenvalue weighted by Crippen LogP contribution is 2.28. The van der Waals surface area contributed by atoms with Crippen molar-refractivity contribution < 1.29 is 9.90 Å². The largest absolute Gasteiger partial charge is 0.478 e. The number of carboxylic acid groups (broad SMARTS) is 1. The molecule has 25 heavy (non-hydrogen) atoms. The second-order valence-corrected chi connectivity index (χ2v) is 5.50. The number of rotatable bonds is 4. The third kappa shape index (κ3) is 3.59. The number of carbonyl (C=O) groups is 1. The Balaban J connectivity index is 1.91. The fourth-order valence-electron chi connectivity index (χ4n) is 2.47. The molecule has 0 saturated heterocycles. The number of nitrogens with two attached hydrogens (primary N) is 1. The summed E-state index contributed by atoms with van der Waals surface area (Å²) in [5.41, 5.74) is 10.5. The maximum absolute atomic E-state index is 11.1. The van der Waals surface area contributed by atoms with E-state index in [2.05, 4.69) is 11.4 Å². The Bertz CT molecular complexity index is 973. The average molecular weight is 329 g/mol. The summed E-state index contributed by atoms with van der Waals surface area (Å²) >= 11 is 0. The predicted octanol–water partition coefficient (Wildman–Crippen LogP) is 4.25. The lowest BCUT2D eigenvalue weighted by Gasteiger charge is -2.12. The zero-order valence-corrected chi connectivity index (χ0v) is 13.2. The van der Waals surface area contributed by atoms with Crippen LogP contribution in [0.2, 0.25) is 0 Å². The normalized spacial score (nSPS) is 10.0.